The monoisotopic (exact) mass is 1120 g/mol. The second-order valence-corrected chi connectivity index (χ2v) is 23.5. The Labute approximate surface area is 480 Å². The van der Waals surface area contributed by atoms with Crippen LogP contribution in [-0.2, 0) is 79.9 Å². The van der Waals surface area contributed by atoms with Crippen molar-refractivity contribution in [2.75, 3.05) is 66.4 Å². The number of ether oxygens (including phenoxy) is 5. The van der Waals surface area contributed by atoms with Crippen molar-refractivity contribution in [2.45, 2.75) is 150 Å². The summed E-state index contributed by atoms with van der Waals surface area (Å²) in [4.78, 5) is 86.9. The highest BCUT2D eigenvalue weighted by Crippen LogP contribution is 2.47. The molecule has 442 valence electrons. The Bertz CT molecular complexity index is 2610. The third-order valence-electron chi connectivity index (χ3n) is 15.3. The molecule has 3 aromatic carbocycles. The fraction of sp³-hybridized carbons (Fsp3) is 0.594. The van der Waals surface area contributed by atoms with Crippen LogP contribution < -0.4 is 15.4 Å². The fourth-order valence-electron chi connectivity index (χ4n) is 10.6. The smallest absolute Gasteiger partial charge is 0.311 e. The number of ketones is 3. The van der Waals surface area contributed by atoms with E-state index in [9.17, 15) is 28.8 Å². The molecule has 81 heavy (non-hydrogen) atoms. The summed E-state index contributed by atoms with van der Waals surface area (Å²) in [7, 11) is 1.63. The van der Waals surface area contributed by atoms with Crippen molar-refractivity contribution in [2.24, 2.45) is 29.1 Å². The lowest BCUT2D eigenvalue weighted by Crippen LogP contribution is -2.50. The Kier molecular flexibility index (Phi) is 25.8. The maximum atomic E-state index is 14.7. The Hall–Kier alpha value is -5.98. The van der Waals surface area contributed by atoms with Crippen LogP contribution in [0.3, 0.4) is 0 Å². The van der Waals surface area contributed by atoms with Crippen LogP contribution in [0.25, 0.3) is 0 Å². The van der Waals surface area contributed by atoms with Crippen LogP contribution in [0.2, 0.25) is 0 Å². The molecule has 0 radical (unpaired) electrons. The van der Waals surface area contributed by atoms with E-state index in [0.717, 1.165) is 40.7 Å². The van der Waals surface area contributed by atoms with Gasteiger partial charge < -0.3 is 34.3 Å². The SMILES string of the molecule is COCCOCCOCCn1cc(CCC(=O)Oc2c(C)cc(CC3COCCN3CC(=O)C[C@@H](CCc3ccccc3)C(=O)N[C@@H](CC(C)C)C(=O)C[C@@H](Cc3ccccc3)C(=O)N[C@@H](CC(C)C)C(=O)C3(C)CC3)cc2C)nn1. The number of rotatable bonds is 37. The van der Waals surface area contributed by atoms with Crippen molar-refractivity contribution in [3.63, 3.8) is 0 Å². The first kappa shape index (κ1) is 64.2. The van der Waals surface area contributed by atoms with E-state index in [1.165, 1.54) is 0 Å². The topological polar surface area (TPSA) is 207 Å². The van der Waals surface area contributed by atoms with Crippen molar-refractivity contribution in [1.29, 1.82) is 0 Å². The Morgan fingerprint density at radius 1 is 0.753 bits per heavy atom. The molecule has 0 bridgehead atoms. The third-order valence-corrected chi connectivity index (χ3v) is 15.3. The Morgan fingerprint density at radius 3 is 2.02 bits per heavy atom. The molecule has 1 saturated carbocycles. The van der Waals surface area contributed by atoms with Crippen LogP contribution in [0, 0.1) is 42.9 Å². The zero-order chi connectivity index (χ0) is 58.3. The lowest BCUT2D eigenvalue weighted by atomic mass is 9.87. The summed E-state index contributed by atoms with van der Waals surface area (Å²) in [5.41, 5.74) is 4.80. The predicted octanol–water partition coefficient (Wildman–Crippen LogP) is 7.81. The van der Waals surface area contributed by atoms with Crippen LogP contribution in [-0.4, -0.2) is 140 Å². The first-order valence-electron chi connectivity index (χ1n) is 29.3. The summed E-state index contributed by atoms with van der Waals surface area (Å²) in [6.45, 7) is 18.3. The van der Waals surface area contributed by atoms with Crippen LogP contribution in [0.4, 0.5) is 0 Å². The molecule has 17 heteroatoms. The molecule has 2 N–H and O–H groups in total. The normalized spacial score (nSPS) is 16.6. The number of nitrogens with one attached hydrogen (secondary N) is 2. The van der Waals surface area contributed by atoms with Gasteiger partial charge in [0, 0.05) is 62.4 Å². The second kappa shape index (κ2) is 32.6. The summed E-state index contributed by atoms with van der Waals surface area (Å²) in [5.74, 6) is -2.20. The molecule has 1 unspecified atom stereocenters. The molecule has 2 amide bonds. The van der Waals surface area contributed by atoms with Crippen molar-refractivity contribution >= 4 is 35.1 Å². The number of methoxy groups -OCH3 is 1. The van der Waals surface area contributed by atoms with Gasteiger partial charge in [0.05, 0.1) is 83.5 Å². The third kappa shape index (κ3) is 21.7. The Balaban J connectivity index is 1.07. The quantitative estimate of drug-likeness (QED) is 0.0251. The van der Waals surface area contributed by atoms with Gasteiger partial charge in [0.15, 0.2) is 11.6 Å². The number of nitrogens with zero attached hydrogens (tertiary/aromatic N) is 4. The molecule has 2 heterocycles. The molecule has 1 saturated heterocycles. The van der Waals surface area contributed by atoms with Crippen LogP contribution in [0.5, 0.6) is 5.75 Å². The molecule has 1 aliphatic heterocycles. The number of carbonyl (C=O) groups is 6. The number of carbonyl (C=O) groups excluding carboxylic acids is 6. The average Bonchev–Trinajstić information content (AvgIpc) is 4.14. The number of esters is 1. The molecular formula is C64H90N6O11. The van der Waals surface area contributed by atoms with Crippen molar-refractivity contribution < 1.29 is 52.5 Å². The van der Waals surface area contributed by atoms with Gasteiger partial charge in [0.2, 0.25) is 11.8 Å². The minimum absolute atomic E-state index is 0.0211. The number of hydrogen-bond donors (Lipinski definition) is 2. The number of Topliss-reactive ketones (excluding diaryl/α,β-unsaturated/α-hetero) is 3. The maximum absolute atomic E-state index is 14.7. The van der Waals surface area contributed by atoms with Gasteiger partial charge in [-0.15, -0.1) is 5.10 Å². The molecule has 1 aromatic heterocycles. The van der Waals surface area contributed by atoms with Crippen LogP contribution in [0.15, 0.2) is 79.0 Å². The van der Waals surface area contributed by atoms with Gasteiger partial charge in [0.25, 0.3) is 0 Å². The van der Waals surface area contributed by atoms with Crippen molar-refractivity contribution in [3.8, 4) is 5.75 Å². The van der Waals surface area contributed by atoms with Gasteiger partial charge in [0.1, 0.15) is 11.5 Å². The second-order valence-electron chi connectivity index (χ2n) is 23.5. The molecule has 6 rings (SSSR count). The summed E-state index contributed by atoms with van der Waals surface area (Å²) in [6, 6.07) is 21.7. The predicted molar refractivity (Wildman–Crippen MR) is 310 cm³/mol. The molecule has 0 spiro atoms. The lowest BCUT2D eigenvalue weighted by Gasteiger charge is -2.35. The van der Waals surface area contributed by atoms with E-state index in [4.69, 9.17) is 23.7 Å². The molecule has 17 nitrogen and oxygen atoms in total. The zero-order valence-electron chi connectivity index (χ0n) is 49.4. The van der Waals surface area contributed by atoms with Gasteiger partial charge in [-0.25, -0.2) is 4.68 Å². The summed E-state index contributed by atoms with van der Waals surface area (Å²) in [5, 5.41) is 14.6. The van der Waals surface area contributed by atoms with Gasteiger partial charge in [-0.3, -0.25) is 33.7 Å². The first-order valence-corrected chi connectivity index (χ1v) is 29.3. The highest BCUT2D eigenvalue weighted by atomic mass is 16.5. The van der Waals surface area contributed by atoms with E-state index < -0.39 is 29.3 Å². The van der Waals surface area contributed by atoms with E-state index in [0.29, 0.717) is 109 Å². The van der Waals surface area contributed by atoms with Gasteiger partial charge in [-0.1, -0.05) is 113 Å². The van der Waals surface area contributed by atoms with Crippen molar-refractivity contribution in [3.05, 3.63) is 113 Å². The first-order chi connectivity index (χ1) is 38.9. The lowest BCUT2D eigenvalue weighted by molar-refractivity contribution is -0.136. The summed E-state index contributed by atoms with van der Waals surface area (Å²) < 4.78 is 29.5. The molecule has 2 fully saturated rings. The van der Waals surface area contributed by atoms with Crippen LogP contribution in [0.1, 0.15) is 119 Å². The number of morpholine rings is 1. The summed E-state index contributed by atoms with van der Waals surface area (Å²) in [6.07, 6.45) is 6.42. The highest BCUT2D eigenvalue weighted by molar-refractivity contribution is 5.97. The number of amides is 2. The van der Waals surface area contributed by atoms with Gasteiger partial charge in [-0.05, 0) is 105 Å². The number of benzene rings is 3. The van der Waals surface area contributed by atoms with E-state index in [-0.39, 0.29) is 85.2 Å². The molecule has 2 aliphatic rings. The number of aromatic nitrogens is 3. The van der Waals surface area contributed by atoms with Crippen LogP contribution >= 0.6 is 0 Å². The zero-order valence-corrected chi connectivity index (χ0v) is 49.4. The fourth-order valence-corrected chi connectivity index (χ4v) is 10.6. The van der Waals surface area contributed by atoms with E-state index in [2.05, 4.69) is 25.8 Å². The molecular weight excluding hydrogens is 1030 g/mol. The maximum Gasteiger partial charge on any atom is 0.311 e. The molecule has 4 aromatic rings. The van der Waals surface area contributed by atoms with E-state index in [1.54, 1.807) is 18.0 Å². The minimum atomic E-state index is -0.893. The van der Waals surface area contributed by atoms with Crippen molar-refractivity contribution in [1.82, 2.24) is 30.5 Å². The minimum Gasteiger partial charge on any atom is -0.426 e. The van der Waals surface area contributed by atoms with Gasteiger partial charge in [-0.2, -0.15) is 0 Å². The average molecular weight is 1120 g/mol. The molecule has 5 atom stereocenters. The summed E-state index contributed by atoms with van der Waals surface area (Å²) >= 11 is 0. The highest BCUT2D eigenvalue weighted by Gasteiger charge is 2.48. The van der Waals surface area contributed by atoms with Gasteiger partial charge >= 0.3 is 5.97 Å². The largest absolute Gasteiger partial charge is 0.426 e. The molecule has 1 aliphatic carbocycles. The Morgan fingerprint density at radius 2 is 1.37 bits per heavy atom. The number of hydrogen-bond acceptors (Lipinski definition) is 14. The number of aryl methyl sites for hydroxylation is 4. The standard InChI is InChI=1S/C64H90N6O11/c1-44(2)33-56(58(72)40-52(37-49-17-13-10-14-18-49)63(76)66-57(34-45(3)4)61(74)64(7)23-24-64)65-62(75)51(20-19-48-15-11-9-12-16-48)39-55(71)42-69-25-27-80-43-54(69)38-50-35-46(5)60(47(6)36-50)81-59(73)22-21-53-41-70(68-67-53)26-28-78-31-32-79-30-29-77-8/h9-18,35-36,41,44-45,51-52,54,56-57H,19-34,37-40,42-43H2,1-8H3,(H,65,75)(H,66,76)/t51-,52-,54?,56+,57+/m1/s1. The van der Waals surface area contributed by atoms with E-state index >= 15 is 0 Å². The van der Waals surface area contributed by atoms with E-state index in [1.807, 2.05) is 121 Å².